The van der Waals surface area contributed by atoms with Crippen LogP contribution in [-0.2, 0) is 14.8 Å². The Labute approximate surface area is 223 Å². The van der Waals surface area contributed by atoms with E-state index in [4.69, 9.17) is 0 Å². The Kier molecular flexibility index (Phi) is 7.78. The Morgan fingerprint density at radius 3 is 2.37 bits per heavy atom. The smallest absolute Gasteiger partial charge is 0.255 e. The van der Waals surface area contributed by atoms with E-state index < -0.39 is 10.0 Å². The number of nitrogens with zero attached hydrogens (tertiary/aromatic N) is 1. The summed E-state index contributed by atoms with van der Waals surface area (Å²) >= 11 is 0. The fraction of sp³-hybridized carbons (Fsp3) is 0.379. The standard InChI is InChI=1S/C29H34N4O4S/c1-20-7-2-3-9-23(20)29(35)31-26-12-13-27(25-11-5-4-10-24(25)26)38(36,37)32-21-14-17-33(18-15-21)28(34)19-22-8-6-16-30-22/h2-5,7,9-13,21-22,30,32H,6,8,14-19H2,1H3,(H,31,35)/t22-/m0/s1. The lowest BCUT2D eigenvalue weighted by molar-refractivity contribution is -0.132. The van der Waals surface area contributed by atoms with Gasteiger partial charge in [0.2, 0.25) is 15.9 Å². The Hall–Kier alpha value is -3.27. The molecule has 0 saturated carbocycles. The van der Waals surface area contributed by atoms with Crippen LogP contribution in [0.4, 0.5) is 5.69 Å². The summed E-state index contributed by atoms with van der Waals surface area (Å²) in [5.41, 5.74) is 1.98. The number of likely N-dealkylation sites (tertiary alicyclic amines) is 1. The molecule has 2 saturated heterocycles. The Morgan fingerprint density at radius 1 is 0.947 bits per heavy atom. The van der Waals surface area contributed by atoms with Gasteiger partial charge in [-0.15, -0.1) is 0 Å². The first-order valence-corrected chi connectivity index (χ1v) is 14.7. The zero-order valence-corrected chi connectivity index (χ0v) is 22.4. The van der Waals surface area contributed by atoms with Gasteiger partial charge in [0.25, 0.3) is 5.91 Å². The quantitative estimate of drug-likeness (QED) is 0.427. The highest BCUT2D eigenvalue weighted by Crippen LogP contribution is 2.30. The summed E-state index contributed by atoms with van der Waals surface area (Å²) in [6, 6.07) is 17.7. The molecule has 0 unspecified atom stereocenters. The van der Waals surface area contributed by atoms with E-state index in [0.29, 0.717) is 54.4 Å². The Bertz CT molecular complexity index is 1440. The number of carbonyl (C=O) groups is 2. The fourth-order valence-corrected chi connectivity index (χ4v) is 6.95. The van der Waals surface area contributed by atoms with Crippen LogP contribution < -0.4 is 15.4 Å². The number of aryl methyl sites for hydroxylation is 1. The number of rotatable bonds is 7. The minimum atomic E-state index is -3.82. The molecule has 1 atom stereocenters. The van der Waals surface area contributed by atoms with Crippen LogP contribution in [0.1, 0.15) is 48.0 Å². The molecule has 38 heavy (non-hydrogen) atoms. The van der Waals surface area contributed by atoms with Gasteiger partial charge in [-0.1, -0.05) is 42.5 Å². The molecule has 3 aromatic rings. The number of hydrogen-bond acceptors (Lipinski definition) is 5. The highest BCUT2D eigenvalue weighted by Gasteiger charge is 2.29. The molecule has 200 valence electrons. The van der Waals surface area contributed by atoms with Crippen molar-refractivity contribution in [2.45, 2.75) is 56.0 Å². The summed E-state index contributed by atoms with van der Waals surface area (Å²) in [4.78, 5) is 27.6. The van der Waals surface area contributed by atoms with Crippen LogP contribution in [0, 0.1) is 6.92 Å². The van der Waals surface area contributed by atoms with Crippen molar-refractivity contribution >= 4 is 38.3 Å². The van der Waals surface area contributed by atoms with Crippen molar-refractivity contribution in [2.24, 2.45) is 0 Å². The van der Waals surface area contributed by atoms with Crippen molar-refractivity contribution in [3.8, 4) is 0 Å². The number of anilines is 1. The lowest BCUT2D eigenvalue weighted by Gasteiger charge is -2.33. The van der Waals surface area contributed by atoms with Gasteiger partial charge in [0, 0.05) is 53.6 Å². The largest absolute Gasteiger partial charge is 0.343 e. The number of fused-ring (bicyclic) bond motifs is 1. The molecule has 0 aromatic heterocycles. The van der Waals surface area contributed by atoms with Crippen LogP contribution in [0.3, 0.4) is 0 Å². The van der Waals surface area contributed by atoms with Gasteiger partial charge in [-0.25, -0.2) is 13.1 Å². The van der Waals surface area contributed by atoms with Gasteiger partial charge in [-0.2, -0.15) is 0 Å². The summed E-state index contributed by atoms with van der Waals surface area (Å²) in [5.74, 6) is -0.105. The maximum atomic E-state index is 13.5. The second-order valence-electron chi connectivity index (χ2n) is 10.2. The molecule has 0 radical (unpaired) electrons. The van der Waals surface area contributed by atoms with E-state index in [2.05, 4.69) is 15.4 Å². The zero-order chi connectivity index (χ0) is 26.7. The maximum absolute atomic E-state index is 13.5. The van der Waals surface area contributed by atoms with E-state index in [1.165, 1.54) is 0 Å². The molecule has 2 amide bonds. The van der Waals surface area contributed by atoms with E-state index in [1.807, 2.05) is 42.2 Å². The predicted molar refractivity (Wildman–Crippen MR) is 149 cm³/mol. The fourth-order valence-electron chi connectivity index (χ4n) is 5.43. The minimum Gasteiger partial charge on any atom is -0.343 e. The number of hydrogen-bond donors (Lipinski definition) is 3. The van der Waals surface area contributed by atoms with Crippen molar-refractivity contribution in [3.05, 3.63) is 71.8 Å². The number of carbonyl (C=O) groups excluding carboxylic acids is 2. The minimum absolute atomic E-state index is 0.139. The molecular weight excluding hydrogens is 500 g/mol. The molecule has 2 heterocycles. The van der Waals surface area contributed by atoms with Crippen molar-refractivity contribution in [1.29, 1.82) is 0 Å². The molecule has 3 aromatic carbocycles. The highest BCUT2D eigenvalue weighted by molar-refractivity contribution is 7.89. The first-order valence-electron chi connectivity index (χ1n) is 13.2. The van der Waals surface area contributed by atoms with Crippen LogP contribution in [0.25, 0.3) is 10.8 Å². The molecule has 2 aliphatic heterocycles. The van der Waals surface area contributed by atoms with Gasteiger partial charge in [0.15, 0.2) is 0 Å². The molecule has 2 aliphatic rings. The molecule has 0 spiro atoms. The second-order valence-corrected chi connectivity index (χ2v) is 11.9. The summed E-state index contributed by atoms with van der Waals surface area (Å²) < 4.78 is 29.8. The third-order valence-electron chi connectivity index (χ3n) is 7.56. The van der Waals surface area contributed by atoms with Crippen molar-refractivity contribution in [1.82, 2.24) is 14.9 Å². The zero-order valence-electron chi connectivity index (χ0n) is 21.6. The summed E-state index contributed by atoms with van der Waals surface area (Å²) in [7, 11) is -3.82. The molecule has 9 heteroatoms. The molecule has 3 N–H and O–H groups in total. The van der Waals surface area contributed by atoms with E-state index in [-0.39, 0.29) is 28.8 Å². The third kappa shape index (κ3) is 5.75. The number of piperidine rings is 1. The van der Waals surface area contributed by atoms with E-state index in [1.54, 1.807) is 30.3 Å². The number of sulfonamides is 1. The van der Waals surface area contributed by atoms with Gasteiger partial charge < -0.3 is 15.5 Å². The summed E-state index contributed by atoms with van der Waals surface area (Å²) in [5, 5.41) is 7.50. The van der Waals surface area contributed by atoms with Gasteiger partial charge in [-0.3, -0.25) is 9.59 Å². The first-order chi connectivity index (χ1) is 18.3. The topological polar surface area (TPSA) is 108 Å². The third-order valence-corrected chi connectivity index (χ3v) is 9.14. The average Bonchev–Trinajstić information content (AvgIpc) is 3.42. The van der Waals surface area contributed by atoms with Gasteiger partial charge in [0.05, 0.1) is 4.90 Å². The predicted octanol–water partition coefficient (Wildman–Crippen LogP) is 3.81. The normalized spacial score (nSPS) is 18.6. The monoisotopic (exact) mass is 534 g/mol. The van der Waals surface area contributed by atoms with Gasteiger partial charge in [-0.05, 0) is 62.9 Å². The summed E-state index contributed by atoms with van der Waals surface area (Å²) in [6.07, 6.45) is 3.80. The van der Waals surface area contributed by atoms with Crippen LogP contribution in [0.2, 0.25) is 0 Å². The van der Waals surface area contributed by atoms with E-state index in [9.17, 15) is 18.0 Å². The molecule has 0 bridgehead atoms. The SMILES string of the molecule is Cc1ccccc1C(=O)Nc1ccc(S(=O)(=O)NC2CCN(C(=O)C[C@@H]3CCCN3)CC2)c2ccccc12. The van der Waals surface area contributed by atoms with Crippen LogP contribution >= 0.6 is 0 Å². The molecule has 0 aliphatic carbocycles. The van der Waals surface area contributed by atoms with E-state index >= 15 is 0 Å². The van der Waals surface area contributed by atoms with Crippen LogP contribution in [0.15, 0.2) is 65.6 Å². The molecule has 8 nitrogen and oxygen atoms in total. The summed E-state index contributed by atoms with van der Waals surface area (Å²) in [6.45, 7) is 3.94. The number of amides is 2. The highest BCUT2D eigenvalue weighted by atomic mass is 32.2. The average molecular weight is 535 g/mol. The second kappa shape index (κ2) is 11.2. The molecule has 2 fully saturated rings. The Morgan fingerprint density at radius 2 is 1.66 bits per heavy atom. The molecular formula is C29H34N4O4S. The van der Waals surface area contributed by atoms with Crippen LogP contribution in [-0.4, -0.2) is 56.9 Å². The van der Waals surface area contributed by atoms with E-state index in [0.717, 1.165) is 24.9 Å². The number of nitrogens with one attached hydrogen (secondary N) is 3. The van der Waals surface area contributed by atoms with Crippen LogP contribution in [0.5, 0.6) is 0 Å². The molecule has 5 rings (SSSR count). The lowest BCUT2D eigenvalue weighted by Crippen LogP contribution is -2.47. The van der Waals surface area contributed by atoms with Gasteiger partial charge >= 0.3 is 0 Å². The lowest BCUT2D eigenvalue weighted by atomic mass is 10.0. The van der Waals surface area contributed by atoms with Gasteiger partial charge in [0.1, 0.15) is 0 Å². The van der Waals surface area contributed by atoms with Crippen molar-refractivity contribution < 1.29 is 18.0 Å². The Balaban J connectivity index is 1.28. The maximum Gasteiger partial charge on any atom is 0.255 e. The van der Waals surface area contributed by atoms with Crippen molar-refractivity contribution in [3.63, 3.8) is 0 Å². The van der Waals surface area contributed by atoms with Crippen molar-refractivity contribution in [2.75, 3.05) is 25.0 Å². The first kappa shape index (κ1) is 26.3. The number of benzene rings is 3.